The molecule has 0 unspecified atom stereocenters. The van der Waals surface area contributed by atoms with E-state index in [1.807, 2.05) is 0 Å². The first-order valence-corrected chi connectivity index (χ1v) is 5.53. The van der Waals surface area contributed by atoms with Crippen LogP contribution in [-0.2, 0) is 12.8 Å². The molecule has 0 saturated heterocycles. The Labute approximate surface area is 97.3 Å². The largest absolute Gasteiger partial charge is 0.496 e. The Bertz CT molecular complexity index is 361. The first-order valence-electron chi connectivity index (χ1n) is 5.53. The molecule has 0 amide bonds. The average molecular weight is 220 g/mol. The van der Waals surface area contributed by atoms with E-state index in [1.165, 1.54) is 11.1 Å². The second-order valence-corrected chi connectivity index (χ2v) is 3.66. The third kappa shape index (κ3) is 2.36. The zero-order valence-electron chi connectivity index (χ0n) is 10.3. The summed E-state index contributed by atoms with van der Waals surface area (Å²) in [6, 6.07) is 4.14. The summed E-state index contributed by atoms with van der Waals surface area (Å²) in [5, 5.41) is 0. The van der Waals surface area contributed by atoms with Gasteiger partial charge in [0.1, 0.15) is 5.75 Å². The average Bonchev–Trinajstić information content (AvgIpc) is 2.35. The van der Waals surface area contributed by atoms with E-state index in [-0.39, 0.29) is 0 Å². The zero-order valence-corrected chi connectivity index (χ0v) is 10.3. The molecule has 88 valence electrons. The molecule has 0 bridgehead atoms. The molecule has 0 aliphatic carbocycles. The van der Waals surface area contributed by atoms with Gasteiger partial charge >= 0.3 is 0 Å². The highest BCUT2D eigenvalue weighted by atomic mass is 16.5. The summed E-state index contributed by atoms with van der Waals surface area (Å²) in [4.78, 5) is 0. The molecule has 0 atom stereocenters. The minimum atomic E-state index is 0.729. The third-order valence-corrected chi connectivity index (χ3v) is 2.73. The molecule has 0 aliphatic rings. The van der Waals surface area contributed by atoms with Crippen LogP contribution in [0.5, 0.6) is 5.75 Å². The second-order valence-electron chi connectivity index (χ2n) is 3.66. The lowest BCUT2D eigenvalue weighted by atomic mass is 9.99. The van der Waals surface area contributed by atoms with Gasteiger partial charge in [-0.2, -0.15) is 0 Å². The summed E-state index contributed by atoms with van der Waals surface area (Å²) in [5.74, 6) is 6.36. The van der Waals surface area contributed by atoms with Crippen LogP contribution in [0.2, 0.25) is 0 Å². The lowest BCUT2D eigenvalue weighted by Gasteiger charge is -2.15. The molecule has 0 fully saturated rings. The van der Waals surface area contributed by atoms with E-state index >= 15 is 0 Å². The maximum Gasteiger partial charge on any atom is 0.125 e. The Morgan fingerprint density at radius 2 is 1.81 bits per heavy atom. The molecule has 1 aromatic rings. The van der Waals surface area contributed by atoms with Crippen molar-refractivity contribution >= 4 is 5.70 Å². The molecule has 16 heavy (non-hydrogen) atoms. The van der Waals surface area contributed by atoms with Crippen molar-refractivity contribution in [2.75, 3.05) is 7.11 Å². The van der Waals surface area contributed by atoms with E-state index < -0.39 is 0 Å². The highest BCUT2D eigenvalue weighted by Gasteiger charge is 2.10. The molecular weight excluding hydrogens is 200 g/mol. The fourth-order valence-corrected chi connectivity index (χ4v) is 1.80. The minimum Gasteiger partial charge on any atom is -0.496 e. The van der Waals surface area contributed by atoms with Crippen LogP contribution in [0.15, 0.2) is 18.7 Å². The van der Waals surface area contributed by atoms with Crippen molar-refractivity contribution in [3.63, 3.8) is 0 Å². The number of hydrogen-bond acceptors (Lipinski definition) is 3. The molecule has 0 aliphatic heterocycles. The number of aryl methyl sites for hydroxylation is 2. The van der Waals surface area contributed by atoms with Crippen LogP contribution in [0.3, 0.4) is 0 Å². The van der Waals surface area contributed by atoms with E-state index in [1.54, 1.807) is 7.11 Å². The van der Waals surface area contributed by atoms with Gasteiger partial charge in [0.2, 0.25) is 0 Å². The van der Waals surface area contributed by atoms with E-state index in [4.69, 9.17) is 10.6 Å². The predicted octanol–water partition coefficient (Wildman–Crippen LogP) is 2.25. The highest BCUT2D eigenvalue weighted by Crippen LogP contribution is 2.28. The number of hydrazine groups is 1. The van der Waals surface area contributed by atoms with E-state index in [0.29, 0.717) is 0 Å². The van der Waals surface area contributed by atoms with Crippen molar-refractivity contribution in [3.05, 3.63) is 35.4 Å². The summed E-state index contributed by atoms with van der Waals surface area (Å²) in [5.41, 5.74) is 6.72. The number of ether oxygens (including phenoxy) is 1. The topological polar surface area (TPSA) is 47.3 Å². The number of nitrogens with one attached hydrogen (secondary N) is 1. The number of nitrogens with two attached hydrogens (primary N) is 1. The van der Waals surface area contributed by atoms with Gasteiger partial charge in [0.05, 0.1) is 7.11 Å². The van der Waals surface area contributed by atoms with Crippen molar-refractivity contribution in [1.29, 1.82) is 0 Å². The number of hydrogen-bond donors (Lipinski definition) is 2. The van der Waals surface area contributed by atoms with Gasteiger partial charge in [-0.15, -0.1) is 0 Å². The second kappa shape index (κ2) is 5.56. The Morgan fingerprint density at radius 1 is 1.31 bits per heavy atom. The summed E-state index contributed by atoms with van der Waals surface area (Å²) in [6.07, 6.45) is 1.86. The summed E-state index contributed by atoms with van der Waals surface area (Å²) in [7, 11) is 1.71. The monoisotopic (exact) mass is 220 g/mol. The van der Waals surface area contributed by atoms with Crippen LogP contribution in [0, 0.1) is 0 Å². The maximum absolute atomic E-state index is 5.45. The summed E-state index contributed by atoms with van der Waals surface area (Å²) < 4.78 is 5.45. The molecule has 0 aromatic heterocycles. The van der Waals surface area contributed by atoms with Crippen LogP contribution in [-0.4, -0.2) is 7.11 Å². The maximum atomic E-state index is 5.45. The quantitative estimate of drug-likeness (QED) is 0.591. The Kier molecular flexibility index (Phi) is 4.38. The van der Waals surface area contributed by atoms with Gasteiger partial charge in [-0.25, -0.2) is 0 Å². The molecule has 3 heteroatoms. The first-order chi connectivity index (χ1) is 7.67. The molecule has 0 spiro atoms. The van der Waals surface area contributed by atoms with Crippen molar-refractivity contribution < 1.29 is 4.74 Å². The van der Waals surface area contributed by atoms with Gasteiger partial charge in [0.15, 0.2) is 0 Å². The molecule has 1 aromatic carbocycles. The third-order valence-electron chi connectivity index (χ3n) is 2.73. The normalized spacial score (nSPS) is 10.0. The SMILES string of the molecule is C=C(NN)c1cc(CC)c(OC)c(CC)c1. The Morgan fingerprint density at radius 3 is 2.12 bits per heavy atom. The van der Waals surface area contributed by atoms with Crippen molar-refractivity contribution in [2.24, 2.45) is 5.84 Å². The molecule has 1 rings (SSSR count). The van der Waals surface area contributed by atoms with Gasteiger partial charge in [-0.3, -0.25) is 5.84 Å². The van der Waals surface area contributed by atoms with Crippen molar-refractivity contribution in [3.8, 4) is 5.75 Å². The Balaban J connectivity index is 3.31. The van der Waals surface area contributed by atoms with E-state index in [0.717, 1.165) is 29.9 Å². The summed E-state index contributed by atoms with van der Waals surface area (Å²) in [6.45, 7) is 8.09. The molecule has 3 nitrogen and oxygen atoms in total. The summed E-state index contributed by atoms with van der Waals surface area (Å²) >= 11 is 0. The van der Waals surface area contributed by atoms with Gasteiger partial charge < -0.3 is 10.2 Å². The molecule has 0 saturated carbocycles. The first kappa shape index (κ1) is 12.6. The molecule has 0 radical (unpaired) electrons. The van der Waals surface area contributed by atoms with Crippen LogP contribution >= 0.6 is 0 Å². The van der Waals surface area contributed by atoms with Crippen molar-refractivity contribution in [1.82, 2.24) is 5.43 Å². The van der Waals surface area contributed by atoms with Crippen molar-refractivity contribution in [2.45, 2.75) is 26.7 Å². The Hall–Kier alpha value is -1.48. The number of methoxy groups -OCH3 is 1. The fourth-order valence-electron chi connectivity index (χ4n) is 1.80. The van der Waals surface area contributed by atoms with E-state index in [9.17, 15) is 0 Å². The fraction of sp³-hybridized carbons (Fsp3) is 0.385. The van der Waals surface area contributed by atoms with Gasteiger partial charge in [0, 0.05) is 5.70 Å². The van der Waals surface area contributed by atoms with Gasteiger partial charge in [0.25, 0.3) is 0 Å². The van der Waals surface area contributed by atoms with Crippen LogP contribution in [0.1, 0.15) is 30.5 Å². The predicted molar refractivity (Wildman–Crippen MR) is 68.1 cm³/mol. The molecular formula is C13H20N2O. The van der Waals surface area contributed by atoms with Gasteiger partial charge in [-0.1, -0.05) is 20.4 Å². The van der Waals surface area contributed by atoms with Gasteiger partial charge in [-0.05, 0) is 41.7 Å². The lowest BCUT2D eigenvalue weighted by Crippen LogP contribution is -2.19. The zero-order chi connectivity index (χ0) is 12.1. The van der Waals surface area contributed by atoms with E-state index in [2.05, 4.69) is 38.0 Å². The lowest BCUT2D eigenvalue weighted by molar-refractivity contribution is 0.405. The minimum absolute atomic E-state index is 0.729. The standard InChI is InChI=1S/C13H20N2O/c1-5-10-7-12(9(3)15-14)8-11(6-2)13(10)16-4/h7-8,15H,3,5-6,14H2,1-2,4H3. The molecule has 3 N–H and O–H groups in total. The number of rotatable bonds is 5. The highest BCUT2D eigenvalue weighted by molar-refractivity contribution is 5.65. The number of benzene rings is 1. The van der Waals surface area contributed by atoms with Crippen LogP contribution in [0.4, 0.5) is 0 Å². The molecule has 0 heterocycles. The van der Waals surface area contributed by atoms with Crippen LogP contribution in [0.25, 0.3) is 5.70 Å². The smallest absolute Gasteiger partial charge is 0.125 e. The van der Waals surface area contributed by atoms with Crippen LogP contribution < -0.4 is 16.0 Å².